The van der Waals surface area contributed by atoms with Crippen molar-refractivity contribution in [2.24, 2.45) is 0 Å². The highest BCUT2D eigenvalue weighted by atomic mass is 32.2. The number of nitrogens with one attached hydrogen (secondary N) is 1. The van der Waals surface area contributed by atoms with Crippen LogP contribution in [0.2, 0.25) is 0 Å². The number of thioether (sulfide) groups is 1. The molecule has 0 aromatic heterocycles. The second-order valence-corrected chi connectivity index (χ2v) is 5.89. The molecule has 1 saturated heterocycles. The van der Waals surface area contributed by atoms with Gasteiger partial charge in [0.05, 0.1) is 11.4 Å². The smallest absolute Gasteiger partial charge is 0.0697 e. The largest absolute Gasteiger partial charge is 0.375 e. The van der Waals surface area contributed by atoms with Crippen LogP contribution in [0.1, 0.15) is 32.1 Å². The van der Waals surface area contributed by atoms with Crippen LogP contribution >= 0.6 is 11.8 Å². The highest BCUT2D eigenvalue weighted by Crippen LogP contribution is 2.42. The van der Waals surface area contributed by atoms with Crippen LogP contribution in [0.25, 0.3) is 0 Å². The van der Waals surface area contributed by atoms with E-state index in [4.69, 9.17) is 11.2 Å². The Labute approximate surface area is 103 Å². The first-order chi connectivity index (χ1) is 7.85. The fraction of sp³-hybridized carbons (Fsp3) is 0.846. The van der Waals surface area contributed by atoms with E-state index in [1.807, 2.05) is 11.8 Å². The molecule has 3 heteroatoms. The van der Waals surface area contributed by atoms with E-state index in [1.165, 1.54) is 32.1 Å². The van der Waals surface area contributed by atoms with Gasteiger partial charge in [-0.15, -0.1) is 18.2 Å². The summed E-state index contributed by atoms with van der Waals surface area (Å²) >= 11 is 1.83. The molecule has 2 nitrogen and oxygen atoms in total. The van der Waals surface area contributed by atoms with E-state index in [2.05, 4.69) is 11.2 Å². The molecule has 0 aromatic carbocycles. The molecule has 1 aliphatic heterocycles. The molecule has 1 unspecified atom stereocenters. The number of hydrogen-bond donors (Lipinski definition) is 1. The third-order valence-corrected chi connectivity index (χ3v) is 4.49. The van der Waals surface area contributed by atoms with Gasteiger partial charge in [0.25, 0.3) is 0 Å². The van der Waals surface area contributed by atoms with Crippen LogP contribution in [0.4, 0.5) is 0 Å². The van der Waals surface area contributed by atoms with E-state index in [-0.39, 0.29) is 5.60 Å². The minimum atomic E-state index is 0.266. The maximum absolute atomic E-state index is 5.90. The molecule has 2 fully saturated rings. The molecule has 1 saturated carbocycles. The van der Waals surface area contributed by atoms with Crippen molar-refractivity contribution in [2.75, 3.05) is 24.7 Å². The molecule has 16 heavy (non-hydrogen) atoms. The molecule has 90 valence electrons. The Balaban J connectivity index is 1.60. The van der Waals surface area contributed by atoms with Crippen LogP contribution in [0.15, 0.2) is 0 Å². The van der Waals surface area contributed by atoms with Gasteiger partial charge in [-0.05, 0) is 32.1 Å². The lowest BCUT2D eigenvalue weighted by Crippen LogP contribution is -2.51. The summed E-state index contributed by atoms with van der Waals surface area (Å²) in [6, 6.07) is 0.667. The Morgan fingerprint density at radius 3 is 3.06 bits per heavy atom. The molecule has 0 amide bonds. The normalized spacial score (nSPS) is 27.3. The molecule has 0 bridgehead atoms. The van der Waals surface area contributed by atoms with Gasteiger partial charge in [-0.3, -0.25) is 0 Å². The average molecular weight is 239 g/mol. The summed E-state index contributed by atoms with van der Waals surface area (Å²) in [6.45, 7) is 2.02. The third kappa shape index (κ3) is 3.16. The Morgan fingerprint density at radius 2 is 2.38 bits per heavy atom. The first-order valence-corrected chi connectivity index (χ1v) is 7.39. The maximum Gasteiger partial charge on any atom is 0.0697 e. The van der Waals surface area contributed by atoms with Crippen molar-refractivity contribution in [3.63, 3.8) is 0 Å². The predicted molar refractivity (Wildman–Crippen MR) is 69.7 cm³/mol. The zero-order chi connectivity index (χ0) is 11.3. The van der Waals surface area contributed by atoms with Crippen LogP contribution in [0.5, 0.6) is 0 Å². The Bertz CT molecular complexity index is 257. The standard InChI is InChI=1S/C13H21NOS/c1-2-9-16-10-7-14-12-4-8-15-13(11-12)5-3-6-13/h1,12,14H,3-11H2. The van der Waals surface area contributed by atoms with Gasteiger partial charge in [0.15, 0.2) is 0 Å². The minimum absolute atomic E-state index is 0.266. The van der Waals surface area contributed by atoms with E-state index >= 15 is 0 Å². The van der Waals surface area contributed by atoms with E-state index in [0.29, 0.717) is 6.04 Å². The van der Waals surface area contributed by atoms with Crippen molar-refractivity contribution in [3.8, 4) is 12.3 Å². The minimum Gasteiger partial charge on any atom is -0.375 e. The van der Waals surface area contributed by atoms with Gasteiger partial charge in [-0.25, -0.2) is 0 Å². The van der Waals surface area contributed by atoms with Gasteiger partial charge in [0.1, 0.15) is 0 Å². The quantitative estimate of drug-likeness (QED) is 0.586. The van der Waals surface area contributed by atoms with Crippen molar-refractivity contribution in [1.29, 1.82) is 0 Å². The molecule has 1 atom stereocenters. The van der Waals surface area contributed by atoms with Crippen molar-refractivity contribution in [3.05, 3.63) is 0 Å². The fourth-order valence-electron chi connectivity index (χ4n) is 2.59. The summed E-state index contributed by atoms with van der Waals surface area (Å²) in [4.78, 5) is 0. The Hall–Kier alpha value is -0.170. The first kappa shape index (κ1) is 12.3. The monoisotopic (exact) mass is 239 g/mol. The van der Waals surface area contributed by atoms with E-state index in [1.54, 1.807) is 0 Å². The summed E-state index contributed by atoms with van der Waals surface area (Å²) < 4.78 is 5.90. The lowest BCUT2D eigenvalue weighted by Gasteiger charge is -2.47. The summed E-state index contributed by atoms with van der Waals surface area (Å²) in [7, 11) is 0. The molecule has 1 N–H and O–H groups in total. The number of rotatable bonds is 5. The topological polar surface area (TPSA) is 21.3 Å². The fourth-order valence-corrected chi connectivity index (χ4v) is 3.11. The molecular weight excluding hydrogens is 218 g/mol. The van der Waals surface area contributed by atoms with Gasteiger partial charge < -0.3 is 10.1 Å². The summed E-state index contributed by atoms with van der Waals surface area (Å²) in [5.41, 5.74) is 0.266. The number of terminal acetylenes is 1. The number of ether oxygens (including phenoxy) is 1. The molecule has 1 aliphatic carbocycles. The van der Waals surface area contributed by atoms with Crippen LogP contribution in [-0.4, -0.2) is 36.3 Å². The molecule has 0 radical (unpaired) electrons. The molecule has 1 heterocycles. The van der Waals surface area contributed by atoms with Crippen LogP contribution < -0.4 is 5.32 Å². The lowest BCUT2D eigenvalue weighted by molar-refractivity contribution is -0.135. The van der Waals surface area contributed by atoms with Crippen LogP contribution in [-0.2, 0) is 4.74 Å². The second kappa shape index (κ2) is 5.95. The Kier molecular flexibility index (Phi) is 4.57. The lowest BCUT2D eigenvalue weighted by atomic mass is 9.74. The average Bonchev–Trinajstić information content (AvgIpc) is 2.27. The molecule has 0 aromatic rings. The summed E-state index contributed by atoms with van der Waals surface area (Å²) in [6.07, 6.45) is 11.5. The van der Waals surface area contributed by atoms with Gasteiger partial charge in [0, 0.05) is 24.9 Å². The van der Waals surface area contributed by atoms with E-state index in [0.717, 1.165) is 24.7 Å². The van der Waals surface area contributed by atoms with Crippen molar-refractivity contribution in [1.82, 2.24) is 5.32 Å². The van der Waals surface area contributed by atoms with Gasteiger partial charge >= 0.3 is 0 Å². The van der Waals surface area contributed by atoms with Crippen molar-refractivity contribution >= 4 is 11.8 Å². The van der Waals surface area contributed by atoms with E-state index in [9.17, 15) is 0 Å². The third-order valence-electron chi connectivity index (χ3n) is 3.62. The van der Waals surface area contributed by atoms with E-state index < -0.39 is 0 Å². The van der Waals surface area contributed by atoms with Gasteiger partial charge in [0.2, 0.25) is 0 Å². The Morgan fingerprint density at radius 1 is 1.50 bits per heavy atom. The van der Waals surface area contributed by atoms with Crippen LogP contribution in [0, 0.1) is 12.3 Å². The zero-order valence-corrected chi connectivity index (χ0v) is 10.7. The first-order valence-electron chi connectivity index (χ1n) is 6.23. The summed E-state index contributed by atoms with van der Waals surface area (Å²) in [5.74, 6) is 4.61. The molecule has 2 aliphatic rings. The summed E-state index contributed by atoms with van der Waals surface area (Å²) in [5, 5.41) is 3.63. The van der Waals surface area contributed by atoms with Crippen LogP contribution in [0.3, 0.4) is 0 Å². The van der Waals surface area contributed by atoms with Crippen molar-refractivity contribution < 1.29 is 4.74 Å². The SMILES string of the molecule is C#CCSCCNC1CCOC2(CCC2)C1. The highest BCUT2D eigenvalue weighted by molar-refractivity contribution is 7.99. The molecule has 2 rings (SSSR count). The number of hydrogen-bond acceptors (Lipinski definition) is 3. The maximum atomic E-state index is 5.90. The zero-order valence-electron chi connectivity index (χ0n) is 9.84. The van der Waals surface area contributed by atoms with Crippen molar-refractivity contribution in [2.45, 2.75) is 43.7 Å². The molecular formula is C13H21NOS. The molecule has 1 spiro atoms. The second-order valence-electron chi connectivity index (χ2n) is 4.79. The predicted octanol–water partition coefficient (Wildman–Crippen LogP) is 2.04. The highest BCUT2D eigenvalue weighted by Gasteiger charge is 2.42. The van der Waals surface area contributed by atoms with Gasteiger partial charge in [-0.1, -0.05) is 5.92 Å². The van der Waals surface area contributed by atoms with Gasteiger partial charge in [-0.2, -0.15) is 0 Å².